The number of nitrogens with two attached hydrogens (primary N) is 1. The van der Waals surface area contributed by atoms with Gasteiger partial charge in [-0.2, -0.15) is 4.98 Å². The lowest BCUT2D eigenvalue weighted by atomic mass is 10.2. The van der Waals surface area contributed by atoms with E-state index < -0.39 is 20.7 Å². The molecule has 0 aliphatic heterocycles. The third-order valence-electron chi connectivity index (χ3n) is 2.56. The summed E-state index contributed by atoms with van der Waals surface area (Å²) in [7, 11) is -3.95. The molecule has 0 unspecified atom stereocenters. The van der Waals surface area contributed by atoms with Crippen LogP contribution in [0.3, 0.4) is 0 Å². The minimum atomic E-state index is -3.95. The summed E-state index contributed by atoms with van der Waals surface area (Å²) in [6.07, 6.45) is 1.44. The van der Waals surface area contributed by atoms with E-state index in [9.17, 15) is 12.8 Å². The number of nitrogens with one attached hydrogen (secondary N) is 1. The Balaban J connectivity index is 2.09. The van der Waals surface area contributed by atoms with E-state index in [1.165, 1.54) is 18.5 Å². The molecule has 1 heterocycles. The van der Waals surface area contributed by atoms with Crippen LogP contribution in [0.2, 0.25) is 0 Å². The topological polar surface area (TPSA) is 111 Å². The van der Waals surface area contributed by atoms with Gasteiger partial charge in [0.2, 0.25) is 15.9 Å². The minimum absolute atomic E-state index is 0.0246. The molecule has 2 aromatic rings. The van der Waals surface area contributed by atoms with Gasteiger partial charge in [0, 0.05) is 19.5 Å². The lowest BCUT2D eigenvalue weighted by Crippen LogP contribution is -2.27. The summed E-state index contributed by atoms with van der Waals surface area (Å²) in [5, 5.41) is 3.39. The summed E-state index contributed by atoms with van der Waals surface area (Å²) < 4.78 is 44.6. The number of rotatable bonds is 6. The Labute approximate surface area is 115 Å². The van der Waals surface area contributed by atoms with E-state index in [4.69, 9.17) is 10.3 Å². The summed E-state index contributed by atoms with van der Waals surface area (Å²) in [5.74, 6) is -0.531. The van der Waals surface area contributed by atoms with Crippen LogP contribution in [-0.2, 0) is 23.0 Å². The predicted molar refractivity (Wildman–Crippen MR) is 67.5 cm³/mol. The zero-order chi connectivity index (χ0) is 14.6. The molecule has 1 aromatic heterocycles. The van der Waals surface area contributed by atoms with E-state index >= 15 is 0 Å². The van der Waals surface area contributed by atoms with Crippen LogP contribution in [0.15, 0.2) is 33.9 Å². The first-order valence-corrected chi connectivity index (χ1v) is 7.25. The van der Waals surface area contributed by atoms with Gasteiger partial charge >= 0.3 is 0 Å². The summed E-state index contributed by atoms with van der Waals surface area (Å²) in [6, 6.07) is 3.73. The standard InChI is InChI=1S/C11H13FN4O3S/c12-9-2-1-8(6-13)5-10(9)20(17,18)16-4-3-11-14-7-15-19-11/h1-2,5,7,16H,3-4,6,13H2. The van der Waals surface area contributed by atoms with Crippen LogP contribution < -0.4 is 10.5 Å². The number of aromatic nitrogens is 2. The van der Waals surface area contributed by atoms with E-state index in [0.717, 1.165) is 6.07 Å². The van der Waals surface area contributed by atoms with E-state index in [2.05, 4.69) is 14.9 Å². The first kappa shape index (κ1) is 14.6. The predicted octanol–water partition coefficient (Wildman–Crippen LogP) is 0.188. The number of halogens is 1. The van der Waals surface area contributed by atoms with Gasteiger partial charge in [-0.1, -0.05) is 11.2 Å². The van der Waals surface area contributed by atoms with Crippen LogP contribution >= 0.6 is 0 Å². The van der Waals surface area contributed by atoms with Gasteiger partial charge in [0.05, 0.1) is 0 Å². The molecule has 0 bridgehead atoms. The summed E-state index contributed by atoms with van der Waals surface area (Å²) in [6.45, 7) is 0.154. The molecule has 0 fully saturated rings. The maximum absolute atomic E-state index is 13.6. The van der Waals surface area contributed by atoms with Crippen molar-refractivity contribution in [3.05, 3.63) is 41.8 Å². The van der Waals surface area contributed by atoms with E-state index in [0.29, 0.717) is 11.5 Å². The quantitative estimate of drug-likeness (QED) is 0.787. The SMILES string of the molecule is NCc1ccc(F)c(S(=O)(=O)NCCc2ncno2)c1. The van der Waals surface area contributed by atoms with Gasteiger partial charge in [-0.05, 0) is 17.7 Å². The highest BCUT2D eigenvalue weighted by atomic mass is 32.2. The van der Waals surface area contributed by atoms with Crippen LogP contribution in [0.1, 0.15) is 11.5 Å². The van der Waals surface area contributed by atoms with Crippen molar-refractivity contribution < 1.29 is 17.3 Å². The van der Waals surface area contributed by atoms with Gasteiger partial charge in [-0.3, -0.25) is 0 Å². The lowest BCUT2D eigenvalue weighted by Gasteiger charge is -2.08. The highest BCUT2D eigenvalue weighted by molar-refractivity contribution is 7.89. The third-order valence-corrected chi connectivity index (χ3v) is 4.03. The largest absolute Gasteiger partial charge is 0.340 e. The molecule has 9 heteroatoms. The number of hydrogen-bond donors (Lipinski definition) is 2. The summed E-state index contributed by atoms with van der Waals surface area (Å²) in [5.41, 5.74) is 5.94. The second-order valence-corrected chi connectivity index (χ2v) is 5.69. The van der Waals surface area contributed by atoms with Crippen LogP contribution in [-0.4, -0.2) is 25.1 Å². The zero-order valence-electron chi connectivity index (χ0n) is 10.4. The number of benzene rings is 1. The first-order valence-electron chi connectivity index (χ1n) is 5.76. The van der Waals surface area contributed by atoms with Crippen LogP contribution in [0.5, 0.6) is 0 Å². The van der Waals surface area contributed by atoms with Crippen LogP contribution in [0, 0.1) is 5.82 Å². The fraction of sp³-hybridized carbons (Fsp3) is 0.273. The van der Waals surface area contributed by atoms with E-state index in [1.54, 1.807) is 0 Å². The van der Waals surface area contributed by atoms with Crippen molar-refractivity contribution in [1.82, 2.24) is 14.9 Å². The van der Waals surface area contributed by atoms with Gasteiger partial charge in [-0.15, -0.1) is 0 Å². The van der Waals surface area contributed by atoms with Crippen molar-refractivity contribution in [3.63, 3.8) is 0 Å². The smallest absolute Gasteiger partial charge is 0.243 e. The highest BCUT2D eigenvalue weighted by Crippen LogP contribution is 2.16. The molecule has 0 radical (unpaired) electrons. The van der Waals surface area contributed by atoms with Gasteiger partial charge in [0.15, 0.2) is 6.33 Å². The van der Waals surface area contributed by atoms with Crippen molar-refractivity contribution in [2.45, 2.75) is 17.9 Å². The molecule has 108 valence electrons. The molecule has 0 atom stereocenters. The molecule has 2 rings (SSSR count). The summed E-state index contributed by atoms with van der Waals surface area (Å²) >= 11 is 0. The maximum Gasteiger partial charge on any atom is 0.243 e. The van der Waals surface area contributed by atoms with Gasteiger partial charge in [0.1, 0.15) is 10.7 Å². The number of sulfonamides is 1. The molecule has 0 saturated carbocycles. The van der Waals surface area contributed by atoms with Crippen molar-refractivity contribution >= 4 is 10.0 Å². The maximum atomic E-state index is 13.6. The molecular weight excluding hydrogens is 287 g/mol. The van der Waals surface area contributed by atoms with Gasteiger partial charge < -0.3 is 10.3 Å². The Hall–Kier alpha value is -1.84. The van der Waals surface area contributed by atoms with Gasteiger partial charge in [0.25, 0.3) is 0 Å². The van der Waals surface area contributed by atoms with E-state index in [1.807, 2.05) is 0 Å². The normalized spacial score (nSPS) is 11.7. The van der Waals surface area contributed by atoms with Crippen molar-refractivity contribution in [1.29, 1.82) is 0 Å². The molecule has 0 saturated heterocycles. The van der Waals surface area contributed by atoms with Crippen LogP contribution in [0.25, 0.3) is 0 Å². The Kier molecular flexibility index (Phi) is 4.42. The molecule has 7 nitrogen and oxygen atoms in total. The van der Waals surface area contributed by atoms with Crippen molar-refractivity contribution in [3.8, 4) is 0 Å². The second-order valence-electron chi connectivity index (χ2n) is 3.95. The third kappa shape index (κ3) is 3.38. The Bertz CT molecular complexity index is 673. The average molecular weight is 300 g/mol. The molecule has 3 N–H and O–H groups in total. The van der Waals surface area contributed by atoms with Crippen molar-refractivity contribution in [2.75, 3.05) is 6.54 Å². The lowest BCUT2D eigenvalue weighted by molar-refractivity contribution is 0.377. The molecule has 0 spiro atoms. The molecule has 1 aromatic carbocycles. The number of nitrogens with zero attached hydrogens (tertiary/aromatic N) is 2. The number of hydrogen-bond acceptors (Lipinski definition) is 6. The average Bonchev–Trinajstić information content (AvgIpc) is 2.92. The van der Waals surface area contributed by atoms with Crippen molar-refractivity contribution in [2.24, 2.45) is 5.73 Å². The fourth-order valence-electron chi connectivity index (χ4n) is 1.56. The van der Waals surface area contributed by atoms with Gasteiger partial charge in [-0.25, -0.2) is 17.5 Å². The fourth-order valence-corrected chi connectivity index (χ4v) is 2.71. The Morgan fingerprint density at radius 2 is 2.20 bits per heavy atom. The first-order chi connectivity index (χ1) is 9.53. The molecule has 20 heavy (non-hydrogen) atoms. The Morgan fingerprint density at radius 1 is 1.40 bits per heavy atom. The molecule has 0 amide bonds. The zero-order valence-corrected chi connectivity index (χ0v) is 11.2. The Morgan fingerprint density at radius 3 is 2.85 bits per heavy atom. The second kappa shape index (κ2) is 6.07. The molecule has 0 aliphatic carbocycles. The highest BCUT2D eigenvalue weighted by Gasteiger charge is 2.19. The van der Waals surface area contributed by atoms with E-state index in [-0.39, 0.29) is 19.5 Å². The molecular formula is C11H13FN4O3S. The minimum Gasteiger partial charge on any atom is -0.340 e. The summed E-state index contributed by atoms with van der Waals surface area (Å²) in [4.78, 5) is 3.33. The monoisotopic (exact) mass is 300 g/mol. The van der Waals surface area contributed by atoms with Crippen LogP contribution in [0.4, 0.5) is 4.39 Å². The molecule has 0 aliphatic rings.